The second-order valence-corrected chi connectivity index (χ2v) is 29.5. The molecule has 3 N–H and O–H groups in total. The molecule has 0 fully saturated rings. The molecule has 17 nitrogen and oxygen atoms in total. The highest BCUT2D eigenvalue weighted by Gasteiger charge is 2.30. The summed E-state index contributed by atoms with van der Waals surface area (Å²) in [6, 6.07) is 0. The van der Waals surface area contributed by atoms with Crippen molar-refractivity contribution in [3.63, 3.8) is 0 Å². The zero-order valence-electron chi connectivity index (χ0n) is 65.2. The molecule has 0 aliphatic rings. The molecule has 0 aromatic heterocycles. The van der Waals surface area contributed by atoms with Gasteiger partial charge in [0.05, 0.1) is 26.4 Å². The Morgan fingerprint density at radius 3 is 0.779 bits per heavy atom. The van der Waals surface area contributed by atoms with Crippen molar-refractivity contribution in [1.29, 1.82) is 0 Å². The van der Waals surface area contributed by atoms with Gasteiger partial charge in [-0.15, -0.1) is 0 Å². The molecule has 0 aliphatic heterocycles. The zero-order valence-corrected chi connectivity index (χ0v) is 66.9. The summed E-state index contributed by atoms with van der Waals surface area (Å²) in [7, 11) is -9.97. The first kappa shape index (κ1) is 99.2. The van der Waals surface area contributed by atoms with Gasteiger partial charge in [0.15, 0.2) is 12.2 Å². The minimum atomic E-state index is -4.99. The molecule has 0 aliphatic carbocycles. The van der Waals surface area contributed by atoms with E-state index in [1.54, 1.807) is 0 Å². The second-order valence-electron chi connectivity index (χ2n) is 26.6. The summed E-state index contributed by atoms with van der Waals surface area (Å²) in [5, 5.41) is 10.6. The van der Waals surface area contributed by atoms with Gasteiger partial charge >= 0.3 is 39.5 Å². The van der Waals surface area contributed by atoms with Crippen molar-refractivity contribution >= 4 is 39.5 Å². The molecule has 0 bridgehead atoms. The van der Waals surface area contributed by atoms with E-state index in [0.717, 1.165) is 231 Å². The van der Waals surface area contributed by atoms with E-state index in [9.17, 15) is 43.2 Å². The lowest BCUT2D eigenvalue weighted by Crippen LogP contribution is -2.30. The van der Waals surface area contributed by atoms with Gasteiger partial charge in [0.25, 0.3) is 0 Å². The number of hydrogen-bond acceptors (Lipinski definition) is 15. The third-order valence-corrected chi connectivity index (χ3v) is 18.5. The Morgan fingerprint density at radius 2 is 0.500 bits per heavy atom. The topological polar surface area (TPSA) is 237 Å². The van der Waals surface area contributed by atoms with Gasteiger partial charge < -0.3 is 33.8 Å². The van der Waals surface area contributed by atoms with Crippen LogP contribution in [0.1, 0.15) is 323 Å². The minimum absolute atomic E-state index is 0.0786. The van der Waals surface area contributed by atoms with Crippen LogP contribution in [0.3, 0.4) is 0 Å². The van der Waals surface area contributed by atoms with Crippen LogP contribution in [0.25, 0.3) is 0 Å². The normalized spacial score (nSPS) is 14.6. The maximum absolute atomic E-state index is 13.1. The number of phosphoric ester groups is 2. The molecule has 5 atom stereocenters. The Balaban J connectivity index is 5.35. The van der Waals surface area contributed by atoms with Crippen molar-refractivity contribution < 1.29 is 80.2 Å². The number of phosphoric acid groups is 2. The molecule has 0 saturated heterocycles. The number of esters is 4. The molecule has 19 heteroatoms. The first-order valence-electron chi connectivity index (χ1n) is 40.4. The van der Waals surface area contributed by atoms with E-state index in [2.05, 4.69) is 161 Å². The number of ether oxygens (including phenoxy) is 4. The number of aliphatic hydroxyl groups excluding tert-OH is 1. The Bertz CT molecular complexity index is 2490. The van der Waals surface area contributed by atoms with Gasteiger partial charge in [-0.3, -0.25) is 37.3 Å². The summed E-state index contributed by atoms with van der Waals surface area (Å²) in [5.74, 6) is -2.22. The summed E-state index contributed by atoms with van der Waals surface area (Å²) in [4.78, 5) is 73.0. The standard InChI is InChI=1S/C85H144O17P2/c1-5-9-13-17-21-25-29-32-35-38-39-42-44-47-51-54-58-62-66-70-82(87)95-75-80(101-84(89)71-67-63-59-55-49-28-24-20-16-12-8-4)77-99-103(91,92)97-73-79(86)74-98-104(93,94)100-78-81(102-85(90)72-68-64-60-56-52-48-45-41-37-34-31-27-23-19-15-11-7-3)76-96-83(88)69-65-61-57-53-50-46-43-40-36-33-30-26-22-18-14-10-6-2/h9-11,13-15,20-27,32-37,39,42,79-81,86H,5-8,12,16-19,28-31,38,40-41,43-78H2,1-4H3,(H,91,92)(H,93,94)/b13-9-,14-10-,15-11-,24-20-,25-21-,26-22-,27-23-,35-32-,36-33-,37-34-,42-39-. The number of rotatable bonds is 75. The highest BCUT2D eigenvalue weighted by Crippen LogP contribution is 2.45. The van der Waals surface area contributed by atoms with Crippen molar-refractivity contribution in [2.45, 2.75) is 341 Å². The molecule has 0 aromatic carbocycles. The lowest BCUT2D eigenvalue weighted by molar-refractivity contribution is -0.161. The van der Waals surface area contributed by atoms with E-state index in [1.165, 1.54) is 12.8 Å². The van der Waals surface area contributed by atoms with E-state index in [0.29, 0.717) is 25.7 Å². The Morgan fingerprint density at radius 1 is 0.279 bits per heavy atom. The van der Waals surface area contributed by atoms with E-state index in [1.807, 2.05) is 0 Å². The maximum Gasteiger partial charge on any atom is 0.472 e. The van der Waals surface area contributed by atoms with Crippen LogP contribution in [0.5, 0.6) is 0 Å². The van der Waals surface area contributed by atoms with Crippen LogP contribution in [0.2, 0.25) is 0 Å². The summed E-state index contributed by atoms with van der Waals surface area (Å²) in [6.45, 7) is 4.48. The van der Waals surface area contributed by atoms with Gasteiger partial charge in [-0.05, 0) is 148 Å². The highest BCUT2D eigenvalue weighted by atomic mass is 31.2. The van der Waals surface area contributed by atoms with Crippen LogP contribution in [-0.2, 0) is 65.4 Å². The third-order valence-electron chi connectivity index (χ3n) is 16.6. The minimum Gasteiger partial charge on any atom is -0.462 e. The fourth-order valence-corrected chi connectivity index (χ4v) is 12.1. The van der Waals surface area contributed by atoms with Crippen molar-refractivity contribution in [1.82, 2.24) is 0 Å². The molecule has 5 unspecified atom stereocenters. The van der Waals surface area contributed by atoms with Crippen LogP contribution in [0.15, 0.2) is 134 Å². The fourth-order valence-electron chi connectivity index (χ4n) is 10.5. The van der Waals surface area contributed by atoms with Crippen LogP contribution >= 0.6 is 15.6 Å². The Kier molecular flexibility index (Phi) is 72.9. The predicted molar refractivity (Wildman–Crippen MR) is 427 cm³/mol. The van der Waals surface area contributed by atoms with Crippen LogP contribution < -0.4 is 0 Å². The SMILES string of the molecule is CC/C=C\C/C=C\C/C=C\C/C=C\CCCCCCCCC(=O)OCC(COP(=O)(O)OCC(O)COP(=O)(O)OCC(COC(=O)CCCCCCCCC/C=C\C/C=C\C/C=C\CC)OC(=O)CCCCCCCCC/C=C\C/C=C\C/C=C\CC)OC(=O)CCCCCCC/C=C\CCCC. The van der Waals surface area contributed by atoms with Gasteiger partial charge in [0, 0.05) is 25.7 Å². The molecule has 0 spiro atoms. The largest absolute Gasteiger partial charge is 0.472 e. The number of hydrogen-bond donors (Lipinski definition) is 3. The fraction of sp³-hybridized carbons (Fsp3) is 0.694. The number of carbonyl (C=O) groups excluding carboxylic acids is 4. The van der Waals surface area contributed by atoms with Crippen molar-refractivity contribution in [3.05, 3.63) is 134 Å². The summed E-state index contributed by atoms with van der Waals surface area (Å²) in [5.41, 5.74) is 0. The highest BCUT2D eigenvalue weighted by molar-refractivity contribution is 7.47. The lowest BCUT2D eigenvalue weighted by atomic mass is 10.1. The van der Waals surface area contributed by atoms with Crippen molar-refractivity contribution in [2.24, 2.45) is 0 Å². The molecular formula is C85H144O17P2. The molecule has 596 valence electrons. The van der Waals surface area contributed by atoms with E-state index in [-0.39, 0.29) is 25.7 Å². The van der Waals surface area contributed by atoms with Gasteiger partial charge in [0.1, 0.15) is 19.3 Å². The predicted octanol–water partition coefficient (Wildman–Crippen LogP) is 23.7. The molecule has 0 saturated carbocycles. The quantitative estimate of drug-likeness (QED) is 0.0169. The Labute approximate surface area is 631 Å². The third kappa shape index (κ3) is 75.4. The number of allylic oxidation sites excluding steroid dienone is 22. The average molecular weight is 1500 g/mol. The van der Waals surface area contributed by atoms with E-state index in [4.69, 9.17) is 37.0 Å². The van der Waals surface area contributed by atoms with E-state index >= 15 is 0 Å². The summed E-state index contributed by atoms with van der Waals surface area (Å²) in [6.07, 6.45) is 85.7. The number of carbonyl (C=O) groups is 4. The first-order chi connectivity index (χ1) is 50.7. The summed E-state index contributed by atoms with van der Waals surface area (Å²) >= 11 is 0. The van der Waals surface area contributed by atoms with Gasteiger partial charge in [-0.2, -0.15) is 0 Å². The van der Waals surface area contributed by atoms with Crippen molar-refractivity contribution in [2.75, 3.05) is 39.6 Å². The molecule has 0 heterocycles. The molecule has 0 aromatic rings. The van der Waals surface area contributed by atoms with Gasteiger partial charge in [-0.25, -0.2) is 9.13 Å². The average Bonchev–Trinajstić information content (AvgIpc) is 0.931. The van der Waals surface area contributed by atoms with Crippen LogP contribution in [-0.4, -0.2) is 96.7 Å². The Hall–Kier alpha value is -4.80. The van der Waals surface area contributed by atoms with Crippen LogP contribution in [0, 0.1) is 0 Å². The monoisotopic (exact) mass is 1500 g/mol. The summed E-state index contributed by atoms with van der Waals surface area (Å²) < 4.78 is 68.6. The molecule has 0 radical (unpaired) electrons. The molecule has 104 heavy (non-hydrogen) atoms. The molecule has 0 rings (SSSR count). The number of unbranched alkanes of at least 4 members (excludes halogenated alkanes) is 27. The van der Waals surface area contributed by atoms with E-state index < -0.39 is 97.5 Å². The second kappa shape index (κ2) is 76.4. The first-order valence-corrected chi connectivity index (χ1v) is 43.4. The number of aliphatic hydroxyl groups is 1. The lowest BCUT2D eigenvalue weighted by Gasteiger charge is -2.21. The van der Waals surface area contributed by atoms with Crippen molar-refractivity contribution in [3.8, 4) is 0 Å². The molecule has 0 amide bonds. The van der Waals surface area contributed by atoms with Gasteiger partial charge in [0.2, 0.25) is 0 Å². The maximum atomic E-state index is 13.1. The smallest absolute Gasteiger partial charge is 0.462 e. The zero-order chi connectivity index (χ0) is 76.0. The van der Waals surface area contributed by atoms with Gasteiger partial charge in [-0.1, -0.05) is 283 Å². The molecular weight excluding hydrogens is 1350 g/mol. The van der Waals surface area contributed by atoms with Crippen LogP contribution in [0.4, 0.5) is 0 Å².